The summed E-state index contributed by atoms with van der Waals surface area (Å²) in [7, 11) is 0. The predicted octanol–water partition coefficient (Wildman–Crippen LogP) is 3.97. The van der Waals surface area contributed by atoms with Crippen LogP contribution < -0.4 is 0 Å². The number of piperidine rings is 2. The van der Waals surface area contributed by atoms with Crippen LogP contribution in [0.3, 0.4) is 0 Å². The molecule has 0 aromatic heterocycles. The van der Waals surface area contributed by atoms with Gasteiger partial charge in [-0.2, -0.15) is 0 Å². The molecule has 2 saturated heterocycles. The highest BCUT2D eigenvalue weighted by atomic mass is 19.1. The second-order valence-electron chi connectivity index (χ2n) is 9.30. The fourth-order valence-corrected chi connectivity index (χ4v) is 3.90. The summed E-state index contributed by atoms with van der Waals surface area (Å²) in [5.74, 6) is 1.54. The van der Waals surface area contributed by atoms with Crippen molar-refractivity contribution >= 4 is 0 Å². The quantitative estimate of drug-likeness (QED) is 0.726. The molecule has 0 aliphatic carbocycles. The summed E-state index contributed by atoms with van der Waals surface area (Å²) in [6, 6.07) is 0. The van der Waals surface area contributed by atoms with E-state index in [4.69, 9.17) is 4.74 Å². The molecule has 0 bridgehead atoms. The van der Waals surface area contributed by atoms with Crippen molar-refractivity contribution in [3.63, 3.8) is 0 Å². The van der Waals surface area contributed by atoms with Crippen molar-refractivity contribution in [2.24, 2.45) is 11.8 Å². The Balaban J connectivity index is 1.67. The smallest absolute Gasteiger partial charge is 0.139 e. The van der Waals surface area contributed by atoms with Gasteiger partial charge in [-0.15, -0.1) is 0 Å². The van der Waals surface area contributed by atoms with E-state index in [-0.39, 0.29) is 11.7 Å². The maximum Gasteiger partial charge on any atom is 0.139 e. The van der Waals surface area contributed by atoms with Gasteiger partial charge in [0.2, 0.25) is 0 Å². The van der Waals surface area contributed by atoms with Gasteiger partial charge in [-0.25, -0.2) is 4.39 Å². The molecule has 2 heterocycles. The Bertz CT molecular complexity index is 361. The van der Waals surface area contributed by atoms with Crippen LogP contribution in [0.15, 0.2) is 0 Å². The summed E-state index contributed by atoms with van der Waals surface area (Å²) in [4.78, 5) is 4.94. The van der Waals surface area contributed by atoms with E-state index in [1.54, 1.807) is 0 Å². The minimum absolute atomic E-state index is 0.223. The highest BCUT2D eigenvalue weighted by Gasteiger charge is 2.33. The van der Waals surface area contributed by atoms with Crippen LogP contribution in [0.2, 0.25) is 0 Å². The molecule has 24 heavy (non-hydrogen) atoms. The second-order valence-corrected chi connectivity index (χ2v) is 9.30. The first-order chi connectivity index (χ1) is 11.2. The number of hydrogen-bond donors (Lipinski definition) is 0. The third-order valence-corrected chi connectivity index (χ3v) is 5.32. The number of alkyl halides is 1. The Hall–Kier alpha value is -0.190. The zero-order valence-corrected chi connectivity index (χ0v) is 16.6. The summed E-state index contributed by atoms with van der Waals surface area (Å²) in [5, 5.41) is 0. The van der Waals surface area contributed by atoms with E-state index in [9.17, 15) is 4.39 Å². The van der Waals surface area contributed by atoms with Gasteiger partial charge in [0, 0.05) is 19.6 Å². The molecule has 142 valence electrons. The molecule has 2 unspecified atom stereocenters. The van der Waals surface area contributed by atoms with Crippen molar-refractivity contribution in [2.75, 3.05) is 39.3 Å². The first-order valence-electron chi connectivity index (χ1n) is 9.99. The molecule has 2 aliphatic rings. The summed E-state index contributed by atoms with van der Waals surface area (Å²) < 4.78 is 20.3. The molecule has 0 amide bonds. The Morgan fingerprint density at radius 3 is 2.21 bits per heavy atom. The second kappa shape index (κ2) is 8.95. The standard InChI is InChI=1S/C20H39FN2O/c1-16(2)6-10-22-11-7-17(8-12-22)14-23-13-9-19(18(21)15-23)24-20(3,4)5/h16-19H,6-15H2,1-5H3. The van der Waals surface area contributed by atoms with Gasteiger partial charge in [0.15, 0.2) is 0 Å². The van der Waals surface area contributed by atoms with Crippen LogP contribution in [0.25, 0.3) is 0 Å². The van der Waals surface area contributed by atoms with Crippen molar-refractivity contribution in [2.45, 2.75) is 78.2 Å². The number of hydrogen-bond acceptors (Lipinski definition) is 3. The van der Waals surface area contributed by atoms with Gasteiger partial charge in [-0.3, -0.25) is 4.90 Å². The lowest BCUT2D eigenvalue weighted by molar-refractivity contribution is -0.116. The minimum atomic E-state index is -0.843. The van der Waals surface area contributed by atoms with Gasteiger partial charge < -0.3 is 9.64 Å². The van der Waals surface area contributed by atoms with E-state index in [1.807, 2.05) is 20.8 Å². The van der Waals surface area contributed by atoms with E-state index < -0.39 is 6.17 Å². The largest absolute Gasteiger partial charge is 0.370 e. The molecule has 0 saturated carbocycles. The maximum atomic E-state index is 14.4. The number of ether oxygens (including phenoxy) is 1. The van der Waals surface area contributed by atoms with Crippen LogP contribution in [0.5, 0.6) is 0 Å². The van der Waals surface area contributed by atoms with Crippen LogP contribution >= 0.6 is 0 Å². The Morgan fingerprint density at radius 1 is 1.04 bits per heavy atom. The Kier molecular flexibility index (Phi) is 7.51. The molecule has 0 N–H and O–H groups in total. The van der Waals surface area contributed by atoms with E-state index in [2.05, 4.69) is 23.6 Å². The zero-order valence-electron chi connectivity index (χ0n) is 16.6. The van der Waals surface area contributed by atoms with Crippen LogP contribution in [0.4, 0.5) is 4.39 Å². The third kappa shape index (κ3) is 6.97. The number of halogens is 1. The molecule has 3 nitrogen and oxygen atoms in total. The van der Waals surface area contributed by atoms with Crippen molar-refractivity contribution in [3.05, 3.63) is 0 Å². The molecule has 0 radical (unpaired) electrons. The van der Waals surface area contributed by atoms with Crippen LogP contribution in [0.1, 0.15) is 60.3 Å². The number of nitrogens with zero attached hydrogens (tertiary/aromatic N) is 2. The first kappa shape index (κ1) is 20.1. The molecule has 0 aromatic rings. The minimum Gasteiger partial charge on any atom is -0.370 e. The van der Waals surface area contributed by atoms with Gasteiger partial charge >= 0.3 is 0 Å². The molecule has 2 rings (SSSR count). The van der Waals surface area contributed by atoms with Crippen molar-refractivity contribution in [1.82, 2.24) is 9.80 Å². The summed E-state index contributed by atoms with van der Waals surface area (Å²) >= 11 is 0. The number of likely N-dealkylation sites (tertiary alicyclic amines) is 2. The highest BCUT2D eigenvalue weighted by Crippen LogP contribution is 2.25. The molecule has 2 fully saturated rings. The zero-order chi connectivity index (χ0) is 17.7. The Labute approximate surface area is 148 Å². The van der Waals surface area contributed by atoms with Crippen molar-refractivity contribution < 1.29 is 9.13 Å². The molecule has 0 spiro atoms. The summed E-state index contributed by atoms with van der Waals surface area (Å²) in [6.07, 6.45) is 3.60. The fraction of sp³-hybridized carbons (Fsp3) is 1.00. The lowest BCUT2D eigenvalue weighted by Crippen LogP contribution is -2.49. The SMILES string of the molecule is CC(C)CCN1CCC(CN2CCC(OC(C)(C)C)C(F)C2)CC1. The molecule has 4 heteroatoms. The predicted molar refractivity (Wildman–Crippen MR) is 99.2 cm³/mol. The average Bonchev–Trinajstić information content (AvgIpc) is 2.48. The van der Waals surface area contributed by atoms with E-state index in [0.717, 1.165) is 31.3 Å². The Morgan fingerprint density at radius 2 is 1.67 bits per heavy atom. The third-order valence-electron chi connectivity index (χ3n) is 5.32. The van der Waals surface area contributed by atoms with Crippen LogP contribution in [0, 0.1) is 11.8 Å². The first-order valence-corrected chi connectivity index (χ1v) is 9.99. The molecular formula is C20H39FN2O. The molecule has 0 aromatic carbocycles. The summed E-state index contributed by atoms with van der Waals surface area (Å²) in [6.45, 7) is 16.9. The monoisotopic (exact) mass is 342 g/mol. The fourth-order valence-electron chi connectivity index (χ4n) is 3.90. The molecular weight excluding hydrogens is 303 g/mol. The van der Waals surface area contributed by atoms with E-state index >= 15 is 0 Å². The highest BCUT2D eigenvalue weighted by molar-refractivity contribution is 4.85. The maximum absolute atomic E-state index is 14.4. The topological polar surface area (TPSA) is 15.7 Å². The number of rotatable bonds is 6. The van der Waals surface area contributed by atoms with Gasteiger partial charge in [-0.05, 0) is 77.9 Å². The van der Waals surface area contributed by atoms with Crippen LogP contribution in [-0.2, 0) is 4.74 Å². The molecule has 2 aliphatic heterocycles. The van der Waals surface area contributed by atoms with E-state index in [1.165, 1.54) is 38.9 Å². The van der Waals surface area contributed by atoms with Crippen molar-refractivity contribution in [1.29, 1.82) is 0 Å². The lowest BCUT2D eigenvalue weighted by Gasteiger charge is -2.40. The van der Waals surface area contributed by atoms with Gasteiger partial charge in [0.1, 0.15) is 6.17 Å². The summed E-state index contributed by atoms with van der Waals surface area (Å²) in [5.41, 5.74) is -0.250. The lowest BCUT2D eigenvalue weighted by atomic mass is 9.94. The average molecular weight is 343 g/mol. The van der Waals surface area contributed by atoms with Crippen molar-refractivity contribution in [3.8, 4) is 0 Å². The van der Waals surface area contributed by atoms with E-state index in [0.29, 0.717) is 6.54 Å². The van der Waals surface area contributed by atoms with Gasteiger partial charge in [0.05, 0.1) is 11.7 Å². The van der Waals surface area contributed by atoms with Gasteiger partial charge in [-0.1, -0.05) is 13.8 Å². The van der Waals surface area contributed by atoms with Gasteiger partial charge in [0.25, 0.3) is 0 Å². The van der Waals surface area contributed by atoms with Crippen LogP contribution in [-0.4, -0.2) is 66.9 Å². The normalized spacial score (nSPS) is 28.6. The molecule has 2 atom stereocenters.